The number of hydrogen-bond donors (Lipinski definition) is 0. The summed E-state index contributed by atoms with van der Waals surface area (Å²) in [7, 11) is 3.20. The van der Waals surface area contributed by atoms with E-state index in [9.17, 15) is 18.0 Å². The van der Waals surface area contributed by atoms with Crippen LogP contribution in [0.15, 0.2) is 30.3 Å². The lowest BCUT2D eigenvalue weighted by Gasteiger charge is -2.45. The van der Waals surface area contributed by atoms with Crippen molar-refractivity contribution >= 4 is 17.5 Å². The van der Waals surface area contributed by atoms with Crippen molar-refractivity contribution in [2.24, 2.45) is 7.05 Å². The number of ether oxygens (including phenoxy) is 1. The van der Waals surface area contributed by atoms with Gasteiger partial charge in [-0.2, -0.15) is 5.10 Å². The first-order valence-corrected chi connectivity index (χ1v) is 11.0. The number of halogens is 4. The van der Waals surface area contributed by atoms with E-state index in [1.54, 1.807) is 29.9 Å². The fourth-order valence-corrected chi connectivity index (χ4v) is 5.38. The first kappa shape index (κ1) is 21.8. The van der Waals surface area contributed by atoms with Crippen molar-refractivity contribution in [2.75, 3.05) is 7.11 Å². The van der Waals surface area contributed by atoms with Crippen molar-refractivity contribution in [3.8, 4) is 17.0 Å². The minimum absolute atomic E-state index is 0.105. The molecule has 0 aliphatic carbocycles. The van der Waals surface area contributed by atoms with E-state index in [1.165, 1.54) is 7.11 Å². The molecule has 9 heteroatoms. The average molecular weight is 476 g/mol. The second-order valence-electron chi connectivity index (χ2n) is 8.49. The number of fused-ring (bicyclic) bond motifs is 4. The monoisotopic (exact) mass is 475 g/mol. The minimum Gasteiger partial charge on any atom is -0.497 e. The van der Waals surface area contributed by atoms with Crippen LogP contribution in [0.2, 0.25) is 5.02 Å². The fraction of sp³-hybridized carbons (Fsp3) is 0.333. The molecule has 2 atom stereocenters. The first-order chi connectivity index (χ1) is 15.8. The zero-order chi connectivity index (χ0) is 23.4. The molecule has 0 spiro atoms. The Bertz CT molecular complexity index is 1250. The van der Waals surface area contributed by atoms with Crippen molar-refractivity contribution in [1.29, 1.82) is 0 Å². The summed E-state index contributed by atoms with van der Waals surface area (Å²) < 4.78 is 48.3. The standard InChI is InChI=1S/C24H21ClF3N3O2/c1-30-23(12-8-18(26)21(28)19(27)9-12)17-11-15-4-3-5-20(22(17)29-30)31(15)24(32)13-6-14(25)10-16(7-13)33-2/h6-10,15,20H,3-5,11H2,1-2H3. The third kappa shape index (κ3) is 3.57. The summed E-state index contributed by atoms with van der Waals surface area (Å²) in [6.07, 6.45) is 2.93. The average Bonchev–Trinajstić information content (AvgIpc) is 3.11. The van der Waals surface area contributed by atoms with Gasteiger partial charge in [-0.25, -0.2) is 13.2 Å². The predicted molar refractivity (Wildman–Crippen MR) is 117 cm³/mol. The number of carbonyl (C=O) groups excluding carboxylic acids is 1. The third-order valence-electron chi connectivity index (χ3n) is 6.52. The summed E-state index contributed by atoms with van der Waals surface area (Å²) >= 11 is 6.19. The van der Waals surface area contributed by atoms with E-state index in [2.05, 4.69) is 5.10 Å². The van der Waals surface area contributed by atoms with Crippen molar-refractivity contribution in [3.63, 3.8) is 0 Å². The van der Waals surface area contributed by atoms with E-state index < -0.39 is 17.5 Å². The Morgan fingerprint density at radius 3 is 2.55 bits per heavy atom. The van der Waals surface area contributed by atoms with Crippen LogP contribution in [0.25, 0.3) is 11.3 Å². The van der Waals surface area contributed by atoms with Crippen LogP contribution in [0.4, 0.5) is 13.2 Å². The molecule has 1 saturated heterocycles. The Morgan fingerprint density at radius 1 is 1.12 bits per heavy atom. The summed E-state index contributed by atoms with van der Waals surface area (Å²) in [6, 6.07) is 6.51. The maximum Gasteiger partial charge on any atom is 0.254 e. The maximum atomic E-state index is 14.0. The molecule has 3 aromatic rings. The van der Waals surface area contributed by atoms with E-state index in [0.717, 1.165) is 37.0 Å². The molecule has 0 N–H and O–H groups in total. The van der Waals surface area contributed by atoms with Gasteiger partial charge in [-0.15, -0.1) is 0 Å². The SMILES string of the molecule is COc1cc(Cl)cc(C(=O)N2C3CCCC2c2nn(C)c(-c4cc(F)c(F)c(F)c4)c2C3)c1. The molecule has 33 heavy (non-hydrogen) atoms. The van der Waals surface area contributed by atoms with E-state index >= 15 is 0 Å². The molecule has 5 nitrogen and oxygen atoms in total. The van der Waals surface area contributed by atoms with Crippen LogP contribution < -0.4 is 4.74 Å². The topological polar surface area (TPSA) is 47.4 Å². The fourth-order valence-electron chi connectivity index (χ4n) is 5.16. The molecule has 1 amide bonds. The summed E-state index contributed by atoms with van der Waals surface area (Å²) in [5.74, 6) is -3.66. The second-order valence-corrected chi connectivity index (χ2v) is 8.92. The molecule has 2 aliphatic rings. The summed E-state index contributed by atoms with van der Waals surface area (Å²) in [5, 5.41) is 5.04. The van der Waals surface area contributed by atoms with Gasteiger partial charge >= 0.3 is 0 Å². The smallest absolute Gasteiger partial charge is 0.254 e. The quantitative estimate of drug-likeness (QED) is 0.473. The maximum absolute atomic E-state index is 14.0. The normalized spacial score (nSPS) is 19.4. The lowest BCUT2D eigenvalue weighted by molar-refractivity contribution is 0.0391. The molecule has 2 aromatic carbocycles. The van der Waals surface area contributed by atoms with Gasteiger partial charge in [-0.05, 0) is 56.0 Å². The summed E-state index contributed by atoms with van der Waals surface area (Å²) in [4.78, 5) is 15.4. The number of aromatic nitrogens is 2. The van der Waals surface area contributed by atoms with E-state index in [0.29, 0.717) is 34.1 Å². The van der Waals surface area contributed by atoms with Crippen LogP contribution >= 0.6 is 11.6 Å². The summed E-state index contributed by atoms with van der Waals surface area (Å²) in [6.45, 7) is 0. The van der Waals surface area contributed by atoms with Gasteiger partial charge in [0.25, 0.3) is 5.91 Å². The van der Waals surface area contributed by atoms with Crippen LogP contribution in [-0.4, -0.2) is 33.7 Å². The molecule has 0 saturated carbocycles. The third-order valence-corrected chi connectivity index (χ3v) is 6.74. The van der Waals surface area contributed by atoms with Gasteiger partial charge in [-0.1, -0.05) is 11.6 Å². The predicted octanol–water partition coefficient (Wildman–Crippen LogP) is 5.46. The van der Waals surface area contributed by atoms with Crippen LogP contribution in [0.3, 0.4) is 0 Å². The number of hydrogen-bond acceptors (Lipinski definition) is 3. The van der Waals surface area contributed by atoms with Gasteiger partial charge in [0.15, 0.2) is 17.5 Å². The number of carbonyl (C=O) groups is 1. The Labute approximate surface area is 193 Å². The van der Waals surface area contributed by atoms with Crippen LogP contribution in [-0.2, 0) is 13.5 Å². The molecule has 0 radical (unpaired) electrons. The molecule has 3 heterocycles. The number of piperidine rings is 1. The minimum atomic E-state index is -1.50. The van der Waals surface area contributed by atoms with Gasteiger partial charge in [0.2, 0.25) is 0 Å². The number of aryl methyl sites for hydroxylation is 1. The van der Waals surface area contributed by atoms with Crippen molar-refractivity contribution in [1.82, 2.24) is 14.7 Å². The first-order valence-electron chi connectivity index (χ1n) is 10.7. The highest BCUT2D eigenvalue weighted by atomic mass is 35.5. The second kappa shape index (κ2) is 8.09. The largest absolute Gasteiger partial charge is 0.497 e. The van der Waals surface area contributed by atoms with Crippen molar-refractivity contribution in [2.45, 2.75) is 37.8 Å². The summed E-state index contributed by atoms with van der Waals surface area (Å²) in [5.41, 5.74) is 2.73. The van der Waals surface area contributed by atoms with E-state index in [-0.39, 0.29) is 23.6 Å². The molecular weight excluding hydrogens is 455 g/mol. The van der Waals surface area contributed by atoms with Gasteiger partial charge in [0.1, 0.15) is 5.75 Å². The van der Waals surface area contributed by atoms with E-state index in [1.807, 2.05) is 4.90 Å². The lowest BCUT2D eigenvalue weighted by Crippen LogP contribution is -2.49. The highest BCUT2D eigenvalue weighted by Crippen LogP contribution is 2.45. The molecule has 172 valence electrons. The van der Waals surface area contributed by atoms with Gasteiger partial charge in [0.05, 0.1) is 24.5 Å². The number of amides is 1. The van der Waals surface area contributed by atoms with Crippen LogP contribution in [0, 0.1) is 17.5 Å². The molecule has 2 aliphatic heterocycles. The van der Waals surface area contributed by atoms with Gasteiger partial charge in [-0.3, -0.25) is 9.48 Å². The van der Waals surface area contributed by atoms with Gasteiger partial charge < -0.3 is 9.64 Å². The molecule has 5 rings (SSSR count). The molecule has 2 bridgehead atoms. The number of nitrogens with zero attached hydrogens (tertiary/aromatic N) is 3. The number of methoxy groups -OCH3 is 1. The highest BCUT2D eigenvalue weighted by Gasteiger charge is 2.43. The Kier molecular flexibility index (Phi) is 5.35. The molecule has 1 fully saturated rings. The van der Waals surface area contributed by atoms with Gasteiger partial charge in [0, 0.05) is 34.8 Å². The molecule has 1 aromatic heterocycles. The van der Waals surface area contributed by atoms with Crippen LogP contribution in [0.5, 0.6) is 5.75 Å². The van der Waals surface area contributed by atoms with Crippen LogP contribution in [0.1, 0.15) is 46.9 Å². The zero-order valence-corrected chi connectivity index (χ0v) is 18.8. The Hall–Kier alpha value is -3.00. The molecular formula is C24H21ClF3N3O2. The highest BCUT2D eigenvalue weighted by molar-refractivity contribution is 6.31. The van der Waals surface area contributed by atoms with E-state index in [4.69, 9.17) is 16.3 Å². The molecule has 2 unspecified atom stereocenters. The lowest BCUT2D eigenvalue weighted by atomic mass is 9.81. The van der Waals surface area contributed by atoms with Crippen molar-refractivity contribution in [3.05, 3.63) is 69.6 Å². The Morgan fingerprint density at radius 2 is 1.85 bits per heavy atom. The number of rotatable bonds is 3. The Balaban J connectivity index is 1.58. The zero-order valence-electron chi connectivity index (χ0n) is 18.0. The van der Waals surface area contributed by atoms with Crippen molar-refractivity contribution < 1.29 is 22.7 Å². The number of benzene rings is 2.